The molecule has 0 aliphatic heterocycles. The molecule has 0 fully saturated rings. The lowest BCUT2D eigenvalue weighted by Gasteiger charge is -2.19. The van der Waals surface area contributed by atoms with Crippen molar-refractivity contribution in [3.63, 3.8) is 0 Å². The second kappa shape index (κ2) is 10.9. The highest BCUT2D eigenvalue weighted by molar-refractivity contribution is 5.14. The van der Waals surface area contributed by atoms with Crippen LogP contribution in [-0.4, -0.2) is 31.1 Å². The normalized spacial score (nSPS) is 12.8. The zero-order valence-electron chi connectivity index (χ0n) is 13.6. The van der Waals surface area contributed by atoms with Crippen LogP contribution < -0.4 is 5.32 Å². The fourth-order valence-corrected chi connectivity index (χ4v) is 2.53. The quantitative estimate of drug-likeness (QED) is 0.613. The van der Waals surface area contributed by atoms with E-state index < -0.39 is 0 Å². The highest BCUT2D eigenvalue weighted by Crippen LogP contribution is 2.05. The minimum atomic E-state index is 0.717. The van der Waals surface area contributed by atoms with E-state index >= 15 is 0 Å². The second-order valence-corrected chi connectivity index (χ2v) is 5.78. The molecule has 0 saturated carbocycles. The van der Waals surface area contributed by atoms with Crippen LogP contribution in [-0.2, 0) is 6.54 Å². The zero-order chi connectivity index (χ0) is 14.6. The number of nitrogens with one attached hydrogen (secondary N) is 1. The molecule has 0 saturated heterocycles. The van der Waals surface area contributed by atoms with Gasteiger partial charge in [0.05, 0.1) is 0 Å². The molecule has 0 radical (unpaired) electrons. The number of hydrogen-bond acceptors (Lipinski definition) is 2. The third-order valence-electron chi connectivity index (χ3n) is 3.84. The maximum absolute atomic E-state index is 3.70. The highest BCUT2D eigenvalue weighted by atomic mass is 15.1. The summed E-state index contributed by atoms with van der Waals surface area (Å²) in [5.74, 6) is 0. The van der Waals surface area contributed by atoms with Gasteiger partial charge in [0.1, 0.15) is 0 Å². The molecule has 0 aliphatic rings. The van der Waals surface area contributed by atoms with Gasteiger partial charge in [-0.25, -0.2) is 0 Å². The van der Waals surface area contributed by atoms with E-state index in [-0.39, 0.29) is 0 Å². The Balaban J connectivity index is 2.10. The number of nitrogens with zero attached hydrogens (tertiary/aromatic N) is 1. The molecule has 0 spiro atoms. The van der Waals surface area contributed by atoms with Crippen molar-refractivity contribution in [3.8, 4) is 0 Å². The molecular weight excluding hydrogens is 244 g/mol. The Morgan fingerprint density at radius 3 is 2.50 bits per heavy atom. The molecule has 1 aromatic carbocycles. The standard InChI is InChI=1S/C18H32N2/c1-4-6-13-18(5-2)19-14-10-15-20(3)16-17-11-8-7-9-12-17/h7-9,11-12,18-19H,4-6,10,13-16H2,1-3H3. The van der Waals surface area contributed by atoms with E-state index in [1.165, 1.54) is 37.7 Å². The molecule has 1 rings (SSSR count). The first-order valence-corrected chi connectivity index (χ1v) is 8.22. The van der Waals surface area contributed by atoms with E-state index in [0.717, 1.165) is 25.7 Å². The summed E-state index contributed by atoms with van der Waals surface area (Å²) in [5, 5.41) is 3.70. The van der Waals surface area contributed by atoms with E-state index in [2.05, 4.69) is 61.4 Å². The van der Waals surface area contributed by atoms with Crippen LogP contribution in [0, 0.1) is 0 Å². The van der Waals surface area contributed by atoms with E-state index in [9.17, 15) is 0 Å². The third kappa shape index (κ3) is 7.66. The minimum absolute atomic E-state index is 0.717. The van der Waals surface area contributed by atoms with Crippen molar-refractivity contribution in [2.75, 3.05) is 20.1 Å². The first kappa shape index (κ1) is 17.2. The van der Waals surface area contributed by atoms with Gasteiger partial charge in [0.15, 0.2) is 0 Å². The van der Waals surface area contributed by atoms with Gasteiger partial charge in [0.25, 0.3) is 0 Å². The van der Waals surface area contributed by atoms with Crippen LogP contribution in [0.1, 0.15) is 51.5 Å². The Morgan fingerprint density at radius 2 is 1.85 bits per heavy atom. The van der Waals surface area contributed by atoms with Crippen molar-refractivity contribution >= 4 is 0 Å². The number of hydrogen-bond donors (Lipinski definition) is 1. The maximum Gasteiger partial charge on any atom is 0.0230 e. The van der Waals surface area contributed by atoms with Gasteiger partial charge in [-0.15, -0.1) is 0 Å². The van der Waals surface area contributed by atoms with Gasteiger partial charge >= 0.3 is 0 Å². The van der Waals surface area contributed by atoms with Gasteiger partial charge in [0.2, 0.25) is 0 Å². The predicted molar refractivity (Wildman–Crippen MR) is 89.0 cm³/mol. The molecular formula is C18H32N2. The maximum atomic E-state index is 3.70. The number of rotatable bonds is 11. The summed E-state index contributed by atoms with van der Waals surface area (Å²) in [6, 6.07) is 11.4. The summed E-state index contributed by atoms with van der Waals surface area (Å²) < 4.78 is 0. The summed E-state index contributed by atoms with van der Waals surface area (Å²) in [7, 11) is 2.21. The Bertz CT molecular complexity index is 323. The summed E-state index contributed by atoms with van der Waals surface area (Å²) in [6.07, 6.45) is 6.45. The Kier molecular flexibility index (Phi) is 9.35. The van der Waals surface area contributed by atoms with Crippen molar-refractivity contribution in [1.82, 2.24) is 10.2 Å². The molecule has 0 aliphatic carbocycles. The summed E-state index contributed by atoms with van der Waals surface area (Å²) in [4.78, 5) is 2.41. The Hall–Kier alpha value is -0.860. The van der Waals surface area contributed by atoms with E-state index in [1.807, 2.05) is 0 Å². The van der Waals surface area contributed by atoms with Crippen LogP contribution in [0.2, 0.25) is 0 Å². The molecule has 0 aromatic heterocycles. The van der Waals surface area contributed by atoms with Crippen molar-refractivity contribution in [2.45, 2.75) is 58.5 Å². The zero-order valence-corrected chi connectivity index (χ0v) is 13.6. The average Bonchev–Trinajstić information content (AvgIpc) is 2.47. The van der Waals surface area contributed by atoms with Gasteiger partial charge in [-0.3, -0.25) is 0 Å². The van der Waals surface area contributed by atoms with Crippen molar-refractivity contribution < 1.29 is 0 Å². The SMILES string of the molecule is CCCCC(CC)NCCCN(C)Cc1ccccc1. The van der Waals surface area contributed by atoms with Crippen molar-refractivity contribution in [1.29, 1.82) is 0 Å². The topological polar surface area (TPSA) is 15.3 Å². The molecule has 0 amide bonds. The Morgan fingerprint density at radius 1 is 1.10 bits per heavy atom. The molecule has 2 heteroatoms. The smallest absolute Gasteiger partial charge is 0.0230 e. The first-order chi connectivity index (χ1) is 9.76. The average molecular weight is 276 g/mol. The minimum Gasteiger partial charge on any atom is -0.314 e. The monoisotopic (exact) mass is 276 g/mol. The summed E-state index contributed by atoms with van der Waals surface area (Å²) in [6.45, 7) is 7.90. The molecule has 0 heterocycles. The molecule has 0 bridgehead atoms. The molecule has 1 atom stereocenters. The van der Waals surface area contributed by atoms with Gasteiger partial charge in [-0.1, -0.05) is 57.0 Å². The molecule has 1 N–H and O–H groups in total. The third-order valence-corrected chi connectivity index (χ3v) is 3.84. The first-order valence-electron chi connectivity index (χ1n) is 8.22. The van der Waals surface area contributed by atoms with Crippen LogP contribution in [0.4, 0.5) is 0 Å². The molecule has 114 valence electrons. The van der Waals surface area contributed by atoms with Gasteiger partial charge in [-0.2, -0.15) is 0 Å². The largest absolute Gasteiger partial charge is 0.314 e. The van der Waals surface area contributed by atoms with Gasteiger partial charge in [-0.05, 0) is 45.0 Å². The van der Waals surface area contributed by atoms with Crippen molar-refractivity contribution in [3.05, 3.63) is 35.9 Å². The van der Waals surface area contributed by atoms with Crippen LogP contribution in [0.25, 0.3) is 0 Å². The number of unbranched alkanes of at least 4 members (excludes halogenated alkanes) is 1. The lowest BCUT2D eigenvalue weighted by atomic mass is 10.1. The lowest BCUT2D eigenvalue weighted by Crippen LogP contribution is -2.31. The fraction of sp³-hybridized carbons (Fsp3) is 0.667. The van der Waals surface area contributed by atoms with Crippen LogP contribution >= 0.6 is 0 Å². The summed E-state index contributed by atoms with van der Waals surface area (Å²) in [5.41, 5.74) is 1.40. The van der Waals surface area contributed by atoms with Crippen LogP contribution in [0.3, 0.4) is 0 Å². The van der Waals surface area contributed by atoms with Gasteiger partial charge < -0.3 is 10.2 Å². The van der Waals surface area contributed by atoms with Crippen LogP contribution in [0.15, 0.2) is 30.3 Å². The molecule has 1 aromatic rings. The molecule has 20 heavy (non-hydrogen) atoms. The molecule has 1 unspecified atom stereocenters. The second-order valence-electron chi connectivity index (χ2n) is 5.78. The molecule has 2 nitrogen and oxygen atoms in total. The van der Waals surface area contributed by atoms with E-state index in [1.54, 1.807) is 0 Å². The fourth-order valence-electron chi connectivity index (χ4n) is 2.53. The van der Waals surface area contributed by atoms with Crippen LogP contribution in [0.5, 0.6) is 0 Å². The van der Waals surface area contributed by atoms with Gasteiger partial charge in [0, 0.05) is 12.6 Å². The van der Waals surface area contributed by atoms with E-state index in [0.29, 0.717) is 0 Å². The summed E-state index contributed by atoms with van der Waals surface area (Å²) >= 11 is 0. The number of benzene rings is 1. The van der Waals surface area contributed by atoms with E-state index in [4.69, 9.17) is 0 Å². The predicted octanol–water partition coefficient (Wildman–Crippen LogP) is 4.07. The lowest BCUT2D eigenvalue weighted by molar-refractivity contribution is 0.314. The van der Waals surface area contributed by atoms with Crippen molar-refractivity contribution in [2.24, 2.45) is 0 Å². The Labute approximate surface area is 125 Å². The highest BCUT2D eigenvalue weighted by Gasteiger charge is 2.05.